The number of carbonyl (C=O) groups excluding carboxylic acids is 3. The number of amides is 3. The summed E-state index contributed by atoms with van der Waals surface area (Å²) in [5.74, 6) is -3.45. The molecule has 8 heteroatoms. The fourth-order valence-electron chi connectivity index (χ4n) is 5.83. The van der Waals surface area contributed by atoms with Crippen LogP contribution in [0.5, 0.6) is 0 Å². The summed E-state index contributed by atoms with van der Waals surface area (Å²) in [4.78, 5) is 52.7. The Hall–Kier alpha value is -2.74. The summed E-state index contributed by atoms with van der Waals surface area (Å²) >= 11 is 0. The molecule has 0 radical (unpaired) electrons. The first-order chi connectivity index (χ1) is 13.9. The highest BCUT2D eigenvalue weighted by atomic mass is 16.4. The number of carbonyl (C=O) groups is 4. The zero-order valence-electron chi connectivity index (χ0n) is 15.9. The number of imide groups is 1. The Morgan fingerprint density at radius 1 is 1.14 bits per heavy atom. The SMILES string of the molecule is O=C(O)CC[C@@H]1N[C@]2(C(=O)Nc3ccccc32)[C@H]2C(=O)N(C3CCCC3)C(=O)[C@H]12. The third-order valence-corrected chi connectivity index (χ3v) is 7.02. The van der Waals surface area contributed by atoms with Crippen molar-refractivity contribution in [1.82, 2.24) is 10.2 Å². The van der Waals surface area contributed by atoms with Gasteiger partial charge in [0.1, 0.15) is 5.54 Å². The summed E-state index contributed by atoms with van der Waals surface area (Å²) in [7, 11) is 0. The number of hydrogen-bond donors (Lipinski definition) is 3. The van der Waals surface area contributed by atoms with E-state index < -0.39 is 29.4 Å². The average molecular weight is 397 g/mol. The molecular weight excluding hydrogens is 374 g/mol. The van der Waals surface area contributed by atoms with E-state index in [-0.39, 0.29) is 36.6 Å². The molecule has 8 nitrogen and oxygen atoms in total. The Balaban J connectivity index is 1.61. The van der Waals surface area contributed by atoms with E-state index in [1.165, 1.54) is 4.90 Å². The molecule has 3 amide bonds. The third kappa shape index (κ3) is 2.41. The standard InChI is InChI=1S/C21H23N3O5/c25-15(26)10-9-14-16-17(19(28)24(18(16)27)11-5-1-2-6-11)21(23-14)12-7-3-4-8-13(12)22-20(21)29/h3-4,7-8,11,14,16-17,23H,1-2,5-6,9-10H2,(H,22,29)(H,25,26)/t14-,16+,17+,21-/m0/s1. The van der Waals surface area contributed by atoms with Gasteiger partial charge >= 0.3 is 5.97 Å². The van der Waals surface area contributed by atoms with Crippen LogP contribution in [0.25, 0.3) is 0 Å². The van der Waals surface area contributed by atoms with Crippen molar-refractivity contribution >= 4 is 29.4 Å². The van der Waals surface area contributed by atoms with Crippen molar-refractivity contribution in [2.75, 3.05) is 5.32 Å². The van der Waals surface area contributed by atoms with E-state index in [9.17, 15) is 19.2 Å². The largest absolute Gasteiger partial charge is 0.481 e. The molecule has 152 valence electrons. The number of likely N-dealkylation sites (tertiary alicyclic amines) is 1. The van der Waals surface area contributed by atoms with Crippen LogP contribution in [0, 0.1) is 11.8 Å². The Morgan fingerprint density at radius 2 is 1.86 bits per heavy atom. The number of carboxylic acid groups (broad SMARTS) is 1. The predicted molar refractivity (Wildman–Crippen MR) is 102 cm³/mol. The zero-order valence-corrected chi connectivity index (χ0v) is 15.9. The van der Waals surface area contributed by atoms with Crippen LogP contribution in [0.2, 0.25) is 0 Å². The van der Waals surface area contributed by atoms with Crippen LogP contribution < -0.4 is 10.6 Å². The second-order valence-electron chi connectivity index (χ2n) is 8.48. The molecule has 29 heavy (non-hydrogen) atoms. The maximum atomic E-state index is 13.6. The van der Waals surface area contributed by atoms with Crippen LogP contribution in [0.1, 0.15) is 44.1 Å². The smallest absolute Gasteiger partial charge is 0.303 e. The van der Waals surface area contributed by atoms with Gasteiger partial charge in [-0.05, 0) is 25.3 Å². The first kappa shape index (κ1) is 18.3. The zero-order chi connectivity index (χ0) is 20.3. The topological polar surface area (TPSA) is 116 Å². The molecular formula is C21H23N3O5. The van der Waals surface area contributed by atoms with Gasteiger partial charge in [0, 0.05) is 29.8 Å². The minimum absolute atomic E-state index is 0.113. The van der Waals surface area contributed by atoms with E-state index in [1.807, 2.05) is 0 Å². The van der Waals surface area contributed by atoms with Crippen molar-refractivity contribution < 1.29 is 24.3 Å². The van der Waals surface area contributed by atoms with Crippen molar-refractivity contribution in [3.8, 4) is 0 Å². The molecule has 3 heterocycles. The molecule has 5 rings (SSSR count). The molecule has 1 aromatic rings. The summed E-state index contributed by atoms with van der Waals surface area (Å²) < 4.78 is 0. The molecule has 3 N–H and O–H groups in total. The maximum Gasteiger partial charge on any atom is 0.303 e. The van der Waals surface area contributed by atoms with Gasteiger partial charge in [0.2, 0.25) is 17.7 Å². The highest BCUT2D eigenvalue weighted by molar-refractivity contribution is 6.15. The quantitative estimate of drug-likeness (QED) is 0.658. The van der Waals surface area contributed by atoms with Gasteiger partial charge in [0.25, 0.3) is 0 Å². The number of anilines is 1. The molecule has 0 aromatic heterocycles. The van der Waals surface area contributed by atoms with Gasteiger partial charge in [-0.3, -0.25) is 29.4 Å². The normalized spacial score (nSPS) is 33.4. The van der Waals surface area contributed by atoms with Gasteiger partial charge in [-0.25, -0.2) is 0 Å². The first-order valence-corrected chi connectivity index (χ1v) is 10.2. The van der Waals surface area contributed by atoms with Crippen LogP contribution in [-0.4, -0.2) is 45.8 Å². The molecule has 1 saturated carbocycles. The minimum atomic E-state index is -1.33. The number of nitrogens with zero attached hydrogens (tertiary/aromatic N) is 1. The lowest BCUT2D eigenvalue weighted by Crippen LogP contribution is -2.54. The van der Waals surface area contributed by atoms with Gasteiger partial charge in [-0.2, -0.15) is 0 Å². The molecule has 4 atom stereocenters. The lowest BCUT2D eigenvalue weighted by Gasteiger charge is -2.31. The van der Waals surface area contributed by atoms with Crippen LogP contribution in [-0.2, 0) is 24.7 Å². The second-order valence-corrected chi connectivity index (χ2v) is 8.48. The highest BCUT2D eigenvalue weighted by Gasteiger charge is 2.70. The number of fused-ring (bicyclic) bond motifs is 4. The molecule has 0 bridgehead atoms. The molecule has 1 aliphatic carbocycles. The Kier molecular flexibility index (Phi) is 4.03. The average Bonchev–Trinajstić information content (AvgIpc) is 3.42. The maximum absolute atomic E-state index is 13.6. The van der Waals surface area contributed by atoms with Gasteiger partial charge in [-0.1, -0.05) is 31.0 Å². The van der Waals surface area contributed by atoms with Gasteiger partial charge in [0.15, 0.2) is 0 Å². The Morgan fingerprint density at radius 3 is 2.59 bits per heavy atom. The molecule has 3 fully saturated rings. The molecule has 2 saturated heterocycles. The predicted octanol–water partition coefficient (Wildman–Crippen LogP) is 1.21. The third-order valence-electron chi connectivity index (χ3n) is 7.02. The van der Waals surface area contributed by atoms with E-state index >= 15 is 0 Å². The first-order valence-electron chi connectivity index (χ1n) is 10.2. The molecule has 3 aliphatic heterocycles. The lowest BCUT2D eigenvalue weighted by molar-refractivity contribution is -0.145. The fraction of sp³-hybridized carbons (Fsp3) is 0.524. The summed E-state index contributed by atoms with van der Waals surface area (Å²) in [6.45, 7) is 0. The minimum Gasteiger partial charge on any atom is -0.481 e. The van der Waals surface area contributed by atoms with Crippen molar-refractivity contribution in [1.29, 1.82) is 0 Å². The van der Waals surface area contributed by atoms with Crippen LogP contribution in [0.4, 0.5) is 5.69 Å². The van der Waals surface area contributed by atoms with Gasteiger partial charge in [-0.15, -0.1) is 0 Å². The second kappa shape index (κ2) is 6.38. The van der Waals surface area contributed by atoms with Crippen LogP contribution >= 0.6 is 0 Å². The molecule has 1 aromatic carbocycles. The monoisotopic (exact) mass is 397 g/mol. The van der Waals surface area contributed by atoms with Crippen molar-refractivity contribution in [2.45, 2.75) is 56.1 Å². The van der Waals surface area contributed by atoms with E-state index in [1.54, 1.807) is 24.3 Å². The summed E-state index contributed by atoms with van der Waals surface area (Å²) in [5, 5.41) is 15.3. The number of hydrogen-bond acceptors (Lipinski definition) is 5. The summed E-state index contributed by atoms with van der Waals surface area (Å²) in [6, 6.07) is 6.52. The van der Waals surface area contributed by atoms with Gasteiger partial charge < -0.3 is 10.4 Å². The van der Waals surface area contributed by atoms with E-state index in [0.717, 1.165) is 25.7 Å². The molecule has 4 aliphatic rings. The number of nitrogens with one attached hydrogen (secondary N) is 2. The van der Waals surface area contributed by atoms with Crippen LogP contribution in [0.15, 0.2) is 24.3 Å². The molecule has 0 unspecified atom stereocenters. The summed E-state index contributed by atoms with van der Waals surface area (Å²) in [6.07, 6.45) is 3.59. The number of rotatable bonds is 4. The van der Waals surface area contributed by atoms with Crippen molar-refractivity contribution in [3.63, 3.8) is 0 Å². The Bertz CT molecular complexity index is 925. The molecule has 1 spiro atoms. The van der Waals surface area contributed by atoms with Crippen molar-refractivity contribution in [2.24, 2.45) is 11.8 Å². The number of benzene rings is 1. The number of para-hydroxylation sites is 1. The fourth-order valence-corrected chi connectivity index (χ4v) is 5.83. The Labute approximate surface area is 167 Å². The van der Waals surface area contributed by atoms with E-state index in [4.69, 9.17) is 5.11 Å². The summed E-state index contributed by atoms with van der Waals surface area (Å²) in [5.41, 5.74) is -0.0423. The lowest BCUT2D eigenvalue weighted by atomic mass is 9.76. The number of carboxylic acids is 1. The van der Waals surface area contributed by atoms with Crippen LogP contribution in [0.3, 0.4) is 0 Å². The van der Waals surface area contributed by atoms with Gasteiger partial charge in [0.05, 0.1) is 11.8 Å². The van der Waals surface area contributed by atoms with Crippen molar-refractivity contribution in [3.05, 3.63) is 29.8 Å². The van der Waals surface area contributed by atoms with E-state index in [0.29, 0.717) is 11.3 Å². The highest BCUT2D eigenvalue weighted by Crippen LogP contribution is 2.54. The number of aliphatic carboxylic acids is 1. The van der Waals surface area contributed by atoms with E-state index in [2.05, 4.69) is 10.6 Å².